The van der Waals surface area contributed by atoms with Crippen molar-refractivity contribution in [3.8, 4) is 0 Å². The van der Waals surface area contributed by atoms with Gasteiger partial charge < -0.3 is 0 Å². The third kappa shape index (κ3) is 2.72. The van der Waals surface area contributed by atoms with Crippen LogP contribution in [0.1, 0.15) is 12.0 Å². The van der Waals surface area contributed by atoms with Crippen LogP contribution in [0.2, 0.25) is 0 Å². The molecule has 3 N–H and O–H groups in total. The fourth-order valence-corrected chi connectivity index (χ4v) is 0.975. The first-order chi connectivity index (χ1) is 5.83. The number of benzene rings is 1. The van der Waals surface area contributed by atoms with Crippen molar-refractivity contribution in [1.29, 1.82) is 0 Å². The normalized spacial score (nSPS) is 9.42. The third-order valence-electron chi connectivity index (χ3n) is 1.64. The average Bonchev–Trinajstić information content (AvgIpc) is 2.16. The van der Waals surface area contributed by atoms with Crippen molar-refractivity contribution >= 4 is 5.91 Å². The Labute approximate surface area is 71.5 Å². The predicted molar refractivity (Wildman–Crippen MR) is 47.1 cm³/mol. The molecule has 0 aliphatic rings. The number of aryl methyl sites for hydroxylation is 1. The molecule has 64 valence electrons. The zero-order valence-electron chi connectivity index (χ0n) is 6.79. The summed E-state index contributed by atoms with van der Waals surface area (Å²) in [5.41, 5.74) is 3.25. The van der Waals surface area contributed by atoms with Crippen molar-refractivity contribution in [1.82, 2.24) is 5.43 Å². The minimum atomic E-state index is -0.126. The van der Waals surface area contributed by atoms with Gasteiger partial charge in [0.1, 0.15) is 0 Å². The summed E-state index contributed by atoms with van der Waals surface area (Å²) in [7, 11) is 0. The molecule has 0 heterocycles. The van der Waals surface area contributed by atoms with E-state index in [4.69, 9.17) is 5.84 Å². The Morgan fingerprint density at radius 2 is 2.00 bits per heavy atom. The molecule has 0 aromatic heterocycles. The van der Waals surface area contributed by atoms with Crippen LogP contribution in [-0.2, 0) is 11.2 Å². The monoisotopic (exact) mass is 164 g/mol. The van der Waals surface area contributed by atoms with Crippen LogP contribution in [0.5, 0.6) is 0 Å². The van der Waals surface area contributed by atoms with E-state index in [1.165, 1.54) is 0 Å². The molecular formula is C9H12N2O. The third-order valence-corrected chi connectivity index (χ3v) is 1.64. The van der Waals surface area contributed by atoms with Gasteiger partial charge in [-0.15, -0.1) is 0 Å². The first-order valence-corrected chi connectivity index (χ1v) is 3.86. The number of hydrogen-bond acceptors (Lipinski definition) is 2. The molecular weight excluding hydrogens is 152 g/mol. The molecule has 0 unspecified atom stereocenters. The molecule has 1 rings (SSSR count). The molecule has 0 saturated heterocycles. The van der Waals surface area contributed by atoms with Crippen LogP contribution in [0.25, 0.3) is 0 Å². The number of carbonyl (C=O) groups excluding carboxylic acids is 1. The molecule has 0 fully saturated rings. The van der Waals surface area contributed by atoms with Gasteiger partial charge in [-0.1, -0.05) is 30.3 Å². The summed E-state index contributed by atoms with van der Waals surface area (Å²) < 4.78 is 0. The van der Waals surface area contributed by atoms with Crippen molar-refractivity contribution < 1.29 is 4.79 Å². The van der Waals surface area contributed by atoms with Crippen LogP contribution in [0, 0.1) is 0 Å². The highest BCUT2D eigenvalue weighted by atomic mass is 16.2. The van der Waals surface area contributed by atoms with Crippen molar-refractivity contribution in [2.75, 3.05) is 0 Å². The number of carbonyl (C=O) groups is 1. The molecule has 0 bridgehead atoms. The lowest BCUT2D eigenvalue weighted by molar-refractivity contribution is -0.121. The number of rotatable bonds is 3. The number of nitrogens with two attached hydrogens (primary N) is 1. The standard InChI is InChI=1S/C9H12N2O/c10-11-9(12)7-6-8-4-2-1-3-5-8/h1-5H,6-7,10H2,(H,11,12). The van der Waals surface area contributed by atoms with Crippen molar-refractivity contribution in [3.05, 3.63) is 35.9 Å². The van der Waals surface area contributed by atoms with E-state index in [1.54, 1.807) is 0 Å². The number of hydrogen-bond donors (Lipinski definition) is 2. The van der Waals surface area contributed by atoms with Gasteiger partial charge in [0.15, 0.2) is 0 Å². The van der Waals surface area contributed by atoms with Gasteiger partial charge in [0.05, 0.1) is 0 Å². The summed E-state index contributed by atoms with van der Waals surface area (Å²) in [6.07, 6.45) is 1.18. The first kappa shape index (κ1) is 8.74. The van der Waals surface area contributed by atoms with E-state index < -0.39 is 0 Å². The maximum atomic E-state index is 10.7. The van der Waals surface area contributed by atoms with Crippen LogP contribution in [0.4, 0.5) is 0 Å². The van der Waals surface area contributed by atoms with Gasteiger partial charge in [-0.25, -0.2) is 5.84 Å². The van der Waals surface area contributed by atoms with Crippen LogP contribution >= 0.6 is 0 Å². The smallest absolute Gasteiger partial charge is 0.234 e. The number of hydrazine groups is 1. The van der Waals surface area contributed by atoms with Gasteiger partial charge in [0, 0.05) is 6.42 Å². The maximum Gasteiger partial charge on any atom is 0.234 e. The molecule has 0 spiro atoms. The van der Waals surface area contributed by atoms with Gasteiger partial charge in [-0.3, -0.25) is 10.2 Å². The molecule has 0 saturated carbocycles. The molecule has 3 heteroatoms. The minimum absolute atomic E-state index is 0.126. The lowest BCUT2D eigenvalue weighted by Crippen LogP contribution is -2.30. The Bertz CT molecular complexity index is 246. The molecule has 1 amide bonds. The van der Waals surface area contributed by atoms with E-state index in [9.17, 15) is 4.79 Å². The molecule has 1 aromatic rings. The van der Waals surface area contributed by atoms with Crippen molar-refractivity contribution in [2.45, 2.75) is 12.8 Å². The first-order valence-electron chi connectivity index (χ1n) is 3.86. The minimum Gasteiger partial charge on any atom is -0.294 e. The van der Waals surface area contributed by atoms with Crippen molar-refractivity contribution in [3.63, 3.8) is 0 Å². The van der Waals surface area contributed by atoms with E-state index in [0.29, 0.717) is 6.42 Å². The summed E-state index contributed by atoms with van der Waals surface area (Å²) in [5.74, 6) is 4.81. The van der Waals surface area contributed by atoms with E-state index in [-0.39, 0.29) is 5.91 Å². The zero-order chi connectivity index (χ0) is 8.81. The number of nitrogens with one attached hydrogen (secondary N) is 1. The van der Waals surface area contributed by atoms with Gasteiger partial charge >= 0.3 is 0 Å². The predicted octanol–water partition coefficient (Wildman–Crippen LogP) is 0.609. The molecule has 1 aromatic carbocycles. The van der Waals surface area contributed by atoms with E-state index in [0.717, 1.165) is 12.0 Å². The lowest BCUT2D eigenvalue weighted by atomic mass is 10.1. The summed E-state index contributed by atoms with van der Waals surface area (Å²) >= 11 is 0. The van der Waals surface area contributed by atoms with Gasteiger partial charge in [-0.2, -0.15) is 0 Å². The Morgan fingerprint density at radius 1 is 1.33 bits per heavy atom. The quantitative estimate of drug-likeness (QED) is 0.390. The Morgan fingerprint density at radius 3 is 2.58 bits per heavy atom. The van der Waals surface area contributed by atoms with Gasteiger partial charge in [0.2, 0.25) is 5.91 Å². The molecule has 0 aliphatic carbocycles. The van der Waals surface area contributed by atoms with Crippen LogP contribution < -0.4 is 11.3 Å². The second-order valence-corrected chi connectivity index (χ2v) is 2.55. The highest BCUT2D eigenvalue weighted by Gasteiger charge is 1.97. The SMILES string of the molecule is NNC(=O)CCc1ccccc1. The molecule has 0 aliphatic heterocycles. The number of amides is 1. The molecule has 0 radical (unpaired) electrons. The highest BCUT2D eigenvalue weighted by molar-refractivity contribution is 5.75. The zero-order valence-corrected chi connectivity index (χ0v) is 6.79. The average molecular weight is 164 g/mol. The Hall–Kier alpha value is -1.35. The van der Waals surface area contributed by atoms with Gasteiger partial charge in [0.25, 0.3) is 0 Å². The van der Waals surface area contributed by atoms with E-state index >= 15 is 0 Å². The maximum absolute atomic E-state index is 10.7. The fourth-order valence-electron chi connectivity index (χ4n) is 0.975. The van der Waals surface area contributed by atoms with Gasteiger partial charge in [-0.05, 0) is 12.0 Å². The molecule has 0 atom stereocenters. The largest absolute Gasteiger partial charge is 0.294 e. The molecule has 3 nitrogen and oxygen atoms in total. The summed E-state index contributed by atoms with van der Waals surface area (Å²) in [4.78, 5) is 10.7. The summed E-state index contributed by atoms with van der Waals surface area (Å²) in [6.45, 7) is 0. The molecule has 12 heavy (non-hydrogen) atoms. The Kier molecular flexibility index (Phi) is 3.29. The highest BCUT2D eigenvalue weighted by Crippen LogP contribution is 2.01. The second-order valence-electron chi connectivity index (χ2n) is 2.55. The summed E-state index contributed by atoms with van der Waals surface area (Å²) in [5, 5.41) is 0. The second kappa shape index (κ2) is 4.51. The van der Waals surface area contributed by atoms with E-state index in [1.807, 2.05) is 30.3 Å². The van der Waals surface area contributed by atoms with Crippen LogP contribution in [0.15, 0.2) is 30.3 Å². The van der Waals surface area contributed by atoms with Crippen LogP contribution in [-0.4, -0.2) is 5.91 Å². The van der Waals surface area contributed by atoms with E-state index in [2.05, 4.69) is 5.43 Å². The fraction of sp³-hybridized carbons (Fsp3) is 0.222. The topological polar surface area (TPSA) is 55.1 Å². The van der Waals surface area contributed by atoms with Crippen molar-refractivity contribution in [2.24, 2.45) is 5.84 Å². The lowest BCUT2D eigenvalue weighted by Gasteiger charge is -1.99. The summed E-state index contributed by atoms with van der Waals surface area (Å²) in [6, 6.07) is 9.84. The van der Waals surface area contributed by atoms with Crippen LogP contribution in [0.3, 0.4) is 0 Å². The Balaban J connectivity index is 2.38.